The van der Waals surface area contributed by atoms with Crippen LogP contribution in [0.4, 0.5) is 0 Å². The summed E-state index contributed by atoms with van der Waals surface area (Å²) in [5.74, 6) is 1.42. The molecule has 1 N–H and O–H groups in total. The van der Waals surface area contributed by atoms with Gasteiger partial charge in [0.25, 0.3) is 0 Å². The smallest absolute Gasteiger partial charge is 0.132 e. The van der Waals surface area contributed by atoms with Gasteiger partial charge in [0.2, 0.25) is 0 Å². The van der Waals surface area contributed by atoms with Crippen LogP contribution in [0.25, 0.3) is 0 Å². The normalized spacial score (nSPS) is 18.1. The molecule has 0 aliphatic carbocycles. The molecule has 1 aromatic carbocycles. The number of aromatic nitrogens is 2. The predicted molar refractivity (Wildman–Crippen MR) is 78.5 cm³/mol. The van der Waals surface area contributed by atoms with E-state index in [4.69, 9.17) is 9.47 Å². The maximum Gasteiger partial charge on any atom is 0.132 e. The van der Waals surface area contributed by atoms with Gasteiger partial charge in [0.1, 0.15) is 30.8 Å². The fraction of sp³-hybridized carbons (Fsp3) is 0.438. The largest absolute Gasteiger partial charge is 0.490 e. The van der Waals surface area contributed by atoms with Crippen LogP contribution in [0.2, 0.25) is 0 Å². The van der Waals surface area contributed by atoms with Gasteiger partial charge >= 0.3 is 0 Å². The summed E-state index contributed by atoms with van der Waals surface area (Å²) in [6.45, 7) is 5.02. The van der Waals surface area contributed by atoms with Crippen molar-refractivity contribution >= 4 is 0 Å². The zero-order valence-electron chi connectivity index (χ0n) is 12.3. The van der Waals surface area contributed by atoms with Crippen molar-refractivity contribution in [1.29, 1.82) is 0 Å². The summed E-state index contributed by atoms with van der Waals surface area (Å²) in [4.78, 5) is 0. The van der Waals surface area contributed by atoms with Crippen LogP contribution in [-0.4, -0.2) is 21.5 Å². The van der Waals surface area contributed by atoms with E-state index in [0.29, 0.717) is 25.0 Å². The number of aliphatic hydroxyl groups is 1. The van der Waals surface area contributed by atoms with Gasteiger partial charge in [0, 0.05) is 23.9 Å². The van der Waals surface area contributed by atoms with Crippen LogP contribution in [0.1, 0.15) is 43.7 Å². The highest BCUT2D eigenvalue weighted by atomic mass is 16.5. The molecule has 2 heterocycles. The molecule has 2 unspecified atom stereocenters. The van der Waals surface area contributed by atoms with E-state index in [1.165, 1.54) is 0 Å². The van der Waals surface area contributed by atoms with Crippen molar-refractivity contribution in [3.05, 3.63) is 41.7 Å². The fourth-order valence-electron chi connectivity index (χ4n) is 2.31. The lowest BCUT2D eigenvalue weighted by Crippen LogP contribution is -2.05. The molecular weight excluding hydrogens is 268 g/mol. The maximum absolute atomic E-state index is 9.68. The van der Waals surface area contributed by atoms with Crippen molar-refractivity contribution < 1.29 is 14.6 Å². The number of rotatable bonds is 5. The minimum Gasteiger partial charge on any atom is -0.490 e. The second-order valence-electron chi connectivity index (χ2n) is 5.36. The number of hydrogen-bond acceptors (Lipinski definition) is 4. The van der Waals surface area contributed by atoms with Crippen LogP contribution in [0.5, 0.6) is 11.5 Å². The van der Waals surface area contributed by atoms with Crippen LogP contribution in [0, 0.1) is 0 Å². The van der Waals surface area contributed by atoms with E-state index >= 15 is 0 Å². The Morgan fingerprint density at radius 3 is 3.14 bits per heavy atom. The molecule has 21 heavy (non-hydrogen) atoms. The van der Waals surface area contributed by atoms with E-state index < -0.39 is 6.10 Å². The molecule has 0 bridgehead atoms. The molecule has 112 valence electrons. The molecule has 5 heteroatoms. The Morgan fingerprint density at radius 1 is 1.48 bits per heavy atom. The third-order valence-corrected chi connectivity index (χ3v) is 3.83. The molecule has 3 rings (SSSR count). The minimum atomic E-state index is -0.528. The van der Waals surface area contributed by atoms with Gasteiger partial charge in [-0.1, -0.05) is 6.92 Å². The molecule has 1 aliphatic rings. The van der Waals surface area contributed by atoms with Crippen molar-refractivity contribution in [1.82, 2.24) is 9.78 Å². The molecule has 0 radical (unpaired) electrons. The van der Waals surface area contributed by atoms with Crippen molar-refractivity contribution in [2.45, 2.75) is 39.0 Å². The van der Waals surface area contributed by atoms with Gasteiger partial charge in [-0.05, 0) is 31.5 Å². The van der Waals surface area contributed by atoms with E-state index in [-0.39, 0.29) is 0 Å². The Morgan fingerprint density at radius 2 is 2.33 bits per heavy atom. The lowest BCUT2D eigenvalue weighted by Gasteiger charge is -2.09. The standard InChI is InChI=1S/C16H20N2O3/c1-3-11(2)18-7-6-12(17-18)9-20-13-4-5-14-15(19)10-21-16(14)8-13/h4-8,11,15,19H,3,9-10H2,1-2H3. The lowest BCUT2D eigenvalue weighted by molar-refractivity contribution is 0.140. The molecule has 1 aromatic heterocycles. The van der Waals surface area contributed by atoms with Crippen molar-refractivity contribution in [3.63, 3.8) is 0 Å². The highest BCUT2D eigenvalue weighted by molar-refractivity contribution is 5.44. The number of benzene rings is 1. The average molecular weight is 288 g/mol. The molecule has 0 spiro atoms. The second-order valence-corrected chi connectivity index (χ2v) is 5.36. The Balaban J connectivity index is 1.64. The van der Waals surface area contributed by atoms with Gasteiger partial charge < -0.3 is 14.6 Å². The summed E-state index contributed by atoms with van der Waals surface area (Å²) < 4.78 is 13.1. The third kappa shape index (κ3) is 2.88. The van der Waals surface area contributed by atoms with Crippen molar-refractivity contribution in [2.75, 3.05) is 6.61 Å². The van der Waals surface area contributed by atoms with Crippen LogP contribution in [0.15, 0.2) is 30.5 Å². The Kier molecular flexibility index (Phi) is 3.84. The maximum atomic E-state index is 9.68. The summed E-state index contributed by atoms with van der Waals surface area (Å²) in [5, 5.41) is 14.2. The minimum absolute atomic E-state index is 0.318. The van der Waals surface area contributed by atoms with Gasteiger partial charge in [-0.3, -0.25) is 4.68 Å². The Hall–Kier alpha value is -2.01. The summed E-state index contributed by atoms with van der Waals surface area (Å²) in [7, 11) is 0. The van der Waals surface area contributed by atoms with Crippen LogP contribution < -0.4 is 9.47 Å². The average Bonchev–Trinajstić information content (AvgIpc) is 3.12. The monoisotopic (exact) mass is 288 g/mol. The lowest BCUT2D eigenvalue weighted by atomic mass is 10.1. The topological polar surface area (TPSA) is 56.5 Å². The van der Waals surface area contributed by atoms with Gasteiger partial charge in [0.05, 0.1) is 5.69 Å². The van der Waals surface area contributed by atoms with Gasteiger partial charge in [-0.25, -0.2) is 0 Å². The molecule has 2 atom stereocenters. The first-order valence-corrected chi connectivity index (χ1v) is 7.29. The number of ether oxygens (including phenoxy) is 2. The quantitative estimate of drug-likeness (QED) is 0.919. The summed E-state index contributed by atoms with van der Waals surface area (Å²) >= 11 is 0. The SMILES string of the molecule is CCC(C)n1ccc(COc2ccc3c(c2)OCC3O)n1. The van der Waals surface area contributed by atoms with E-state index in [1.54, 1.807) is 0 Å². The number of aliphatic hydroxyl groups excluding tert-OH is 1. The van der Waals surface area contributed by atoms with Gasteiger partial charge in [-0.2, -0.15) is 5.10 Å². The van der Waals surface area contributed by atoms with E-state index in [0.717, 1.165) is 23.4 Å². The molecule has 0 saturated heterocycles. The molecule has 0 saturated carbocycles. The molecule has 5 nitrogen and oxygen atoms in total. The van der Waals surface area contributed by atoms with E-state index in [2.05, 4.69) is 18.9 Å². The van der Waals surface area contributed by atoms with E-state index in [1.807, 2.05) is 35.1 Å². The van der Waals surface area contributed by atoms with Crippen LogP contribution in [-0.2, 0) is 6.61 Å². The summed E-state index contributed by atoms with van der Waals surface area (Å²) in [6, 6.07) is 7.88. The molecule has 0 fully saturated rings. The zero-order chi connectivity index (χ0) is 14.8. The fourth-order valence-corrected chi connectivity index (χ4v) is 2.31. The first kappa shape index (κ1) is 13.9. The zero-order valence-corrected chi connectivity index (χ0v) is 12.3. The highest BCUT2D eigenvalue weighted by Gasteiger charge is 2.22. The summed E-state index contributed by atoms with van der Waals surface area (Å²) in [6.07, 6.45) is 2.50. The van der Waals surface area contributed by atoms with E-state index in [9.17, 15) is 5.11 Å². The van der Waals surface area contributed by atoms with Gasteiger partial charge in [-0.15, -0.1) is 0 Å². The molecular formula is C16H20N2O3. The Labute approximate surface area is 124 Å². The van der Waals surface area contributed by atoms with Crippen LogP contribution >= 0.6 is 0 Å². The van der Waals surface area contributed by atoms with Crippen molar-refractivity contribution in [3.8, 4) is 11.5 Å². The van der Waals surface area contributed by atoms with Crippen molar-refractivity contribution in [2.24, 2.45) is 0 Å². The first-order chi connectivity index (χ1) is 10.2. The highest BCUT2D eigenvalue weighted by Crippen LogP contribution is 2.35. The number of hydrogen-bond donors (Lipinski definition) is 1. The third-order valence-electron chi connectivity index (χ3n) is 3.83. The second kappa shape index (κ2) is 5.77. The van der Waals surface area contributed by atoms with Crippen LogP contribution in [0.3, 0.4) is 0 Å². The molecule has 2 aromatic rings. The summed E-state index contributed by atoms with van der Waals surface area (Å²) in [5.41, 5.74) is 1.72. The Bertz CT molecular complexity index is 624. The first-order valence-electron chi connectivity index (χ1n) is 7.29. The number of fused-ring (bicyclic) bond motifs is 1. The number of nitrogens with zero attached hydrogens (tertiary/aromatic N) is 2. The predicted octanol–water partition coefficient (Wildman–Crippen LogP) is 2.86. The molecule has 1 aliphatic heterocycles. The van der Waals surface area contributed by atoms with Gasteiger partial charge in [0.15, 0.2) is 0 Å². The molecule has 0 amide bonds.